The standard InChI is InChI=1S/C16H19N3O2/c1-19(2)14-7-4-8-15(10-14)21-11-16(20)18-13-6-3-5-12(17)9-13/h3-10H,11,17H2,1-2H3,(H,18,20). The number of carbonyl (C=O) groups excluding carboxylic acids is 1. The summed E-state index contributed by atoms with van der Waals surface area (Å²) in [5, 5.41) is 2.74. The predicted octanol–water partition coefficient (Wildman–Crippen LogP) is 2.35. The molecule has 0 fully saturated rings. The van der Waals surface area contributed by atoms with Gasteiger partial charge >= 0.3 is 0 Å². The molecule has 0 aliphatic heterocycles. The number of hydrogen-bond acceptors (Lipinski definition) is 4. The SMILES string of the molecule is CN(C)c1cccc(OCC(=O)Nc2cccc(N)c2)c1. The number of nitrogens with zero attached hydrogens (tertiary/aromatic N) is 1. The van der Waals surface area contributed by atoms with Gasteiger partial charge in [0.05, 0.1) is 0 Å². The second kappa shape index (κ2) is 6.65. The number of hydrogen-bond donors (Lipinski definition) is 2. The number of nitrogens with one attached hydrogen (secondary N) is 1. The van der Waals surface area contributed by atoms with E-state index in [1.807, 2.05) is 43.3 Å². The van der Waals surface area contributed by atoms with E-state index in [1.54, 1.807) is 24.3 Å². The maximum atomic E-state index is 11.8. The summed E-state index contributed by atoms with van der Waals surface area (Å²) in [6.45, 7) is -0.0499. The molecule has 5 heteroatoms. The van der Waals surface area contributed by atoms with Crippen molar-refractivity contribution in [3.05, 3.63) is 48.5 Å². The molecule has 0 saturated heterocycles. The lowest BCUT2D eigenvalue weighted by molar-refractivity contribution is -0.118. The van der Waals surface area contributed by atoms with Crippen LogP contribution in [-0.2, 0) is 4.79 Å². The van der Waals surface area contributed by atoms with Gasteiger partial charge in [0.25, 0.3) is 5.91 Å². The molecule has 0 aliphatic rings. The van der Waals surface area contributed by atoms with E-state index < -0.39 is 0 Å². The van der Waals surface area contributed by atoms with Gasteiger partial charge in [-0.05, 0) is 30.3 Å². The largest absolute Gasteiger partial charge is 0.484 e. The van der Waals surface area contributed by atoms with Crippen molar-refractivity contribution in [2.45, 2.75) is 0 Å². The van der Waals surface area contributed by atoms with Crippen molar-refractivity contribution >= 4 is 23.0 Å². The molecule has 0 aromatic heterocycles. The van der Waals surface area contributed by atoms with Crippen LogP contribution in [-0.4, -0.2) is 26.6 Å². The Morgan fingerprint density at radius 1 is 1.19 bits per heavy atom. The van der Waals surface area contributed by atoms with Crippen molar-refractivity contribution in [2.75, 3.05) is 36.7 Å². The lowest BCUT2D eigenvalue weighted by atomic mass is 10.3. The van der Waals surface area contributed by atoms with Crippen LogP contribution < -0.4 is 20.7 Å². The van der Waals surface area contributed by atoms with Crippen LogP contribution in [0.4, 0.5) is 17.1 Å². The van der Waals surface area contributed by atoms with Gasteiger partial charge in [0.2, 0.25) is 0 Å². The molecular formula is C16H19N3O2. The van der Waals surface area contributed by atoms with E-state index in [2.05, 4.69) is 5.32 Å². The van der Waals surface area contributed by atoms with Crippen molar-refractivity contribution in [3.8, 4) is 5.75 Å². The third-order valence-electron chi connectivity index (χ3n) is 2.87. The van der Waals surface area contributed by atoms with Crippen LogP contribution in [0.15, 0.2) is 48.5 Å². The van der Waals surface area contributed by atoms with Gasteiger partial charge in [-0.1, -0.05) is 12.1 Å². The van der Waals surface area contributed by atoms with Crippen LogP contribution in [0.1, 0.15) is 0 Å². The highest BCUT2D eigenvalue weighted by Crippen LogP contribution is 2.19. The van der Waals surface area contributed by atoms with Gasteiger partial charge in [-0.15, -0.1) is 0 Å². The lowest BCUT2D eigenvalue weighted by Gasteiger charge is -2.14. The molecule has 2 aromatic rings. The van der Waals surface area contributed by atoms with Crippen molar-refractivity contribution < 1.29 is 9.53 Å². The fraction of sp³-hybridized carbons (Fsp3) is 0.188. The molecule has 1 amide bonds. The van der Waals surface area contributed by atoms with Gasteiger partial charge in [-0.25, -0.2) is 0 Å². The summed E-state index contributed by atoms with van der Waals surface area (Å²) < 4.78 is 5.49. The number of carbonyl (C=O) groups is 1. The number of nitrogen functional groups attached to an aromatic ring is 1. The summed E-state index contributed by atoms with van der Waals surface area (Å²) in [5.74, 6) is 0.430. The Bertz CT molecular complexity index is 626. The molecule has 0 spiro atoms. The Balaban J connectivity index is 1.90. The molecule has 0 bridgehead atoms. The molecule has 3 N–H and O–H groups in total. The van der Waals surface area contributed by atoms with Crippen LogP contribution >= 0.6 is 0 Å². The van der Waals surface area contributed by atoms with Gasteiger partial charge in [0, 0.05) is 37.2 Å². The third-order valence-corrected chi connectivity index (χ3v) is 2.87. The number of anilines is 3. The molecule has 0 saturated carbocycles. The second-order valence-electron chi connectivity index (χ2n) is 4.85. The lowest BCUT2D eigenvalue weighted by Crippen LogP contribution is -2.20. The van der Waals surface area contributed by atoms with Gasteiger partial charge in [0.1, 0.15) is 5.75 Å². The van der Waals surface area contributed by atoms with Crippen LogP contribution in [0.2, 0.25) is 0 Å². The quantitative estimate of drug-likeness (QED) is 0.828. The maximum absolute atomic E-state index is 11.8. The van der Waals surface area contributed by atoms with Gasteiger partial charge in [0.15, 0.2) is 6.61 Å². The topological polar surface area (TPSA) is 67.6 Å². The molecular weight excluding hydrogens is 266 g/mol. The molecule has 2 rings (SSSR count). The monoisotopic (exact) mass is 285 g/mol. The molecule has 0 aliphatic carbocycles. The van der Waals surface area contributed by atoms with Crippen molar-refractivity contribution in [3.63, 3.8) is 0 Å². The maximum Gasteiger partial charge on any atom is 0.262 e. The number of amides is 1. The first-order chi connectivity index (χ1) is 10.0. The van der Waals surface area contributed by atoms with Crippen LogP contribution in [0.3, 0.4) is 0 Å². The van der Waals surface area contributed by atoms with E-state index in [4.69, 9.17) is 10.5 Å². The Hall–Kier alpha value is -2.69. The summed E-state index contributed by atoms with van der Waals surface area (Å²) in [6.07, 6.45) is 0. The summed E-state index contributed by atoms with van der Waals surface area (Å²) in [6, 6.07) is 14.6. The van der Waals surface area contributed by atoms with Crippen LogP contribution in [0.5, 0.6) is 5.75 Å². The Labute approximate surface area is 124 Å². The number of benzene rings is 2. The Morgan fingerprint density at radius 3 is 2.67 bits per heavy atom. The van der Waals surface area contributed by atoms with E-state index in [1.165, 1.54) is 0 Å². The third kappa shape index (κ3) is 4.42. The Kier molecular flexibility index (Phi) is 4.66. The summed E-state index contributed by atoms with van der Waals surface area (Å²) >= 11 is 0. The molecule has 110 valence electrons. The highest BCUT2D eigenvalue weighted by atomic mass is 16.5. The average molecular weight is 285 g/mol. The van der Waals surface area contributed by atoms with Gasteiger partial charge in [-0.3, -0.25) is 4.79 Å². The van der Waals surface area contributed by atoms with Gasteiger partial charge < -0.3 is 20.7 Å². The summed E-state index contributed by atoms with van der Waals surface area (Å²) in [5.41, 5.74) is 7.94. The fourth-order valence-corrected chi connectivity index (χ4v) is 1.81. The molecule has 2 aromatic carbocycles. The van der Waals surface area contributed by atoms with Gasteiger partial charge in [-0.2, -0.15) is 0 Å². The zero-order valence-corrected chi connectivity index (χ0v) is 12.2. The second-order valence-corrected chi connectivity index (χ2v) is 4.85. The number of rotatable bonds is 5. The minimum Gasteiger partial charge on any atom is -0.484 e. The predicted molar refractivity (Wildman–Crippen MR) is 85.7 cm³/mol. The minimum atomic E-state index is -0.226. The molecule has 0 radical (unpaired) electrons. The van der Waals surface area contributed by atoms with Crippen LogP contribution in [0, 0.1) is 0 Å². The first-order valence-electron chi connectivity index (χ1n) is 6.60. The van der Waals surface area contributed by atoms with E-state index in [0.717, 1.165) is 5.69 Å². The smallest absolute Gasteiger partial charge is 0.262 e. The molecule has 0 unspecified atom stereocenters. The van der Waals surface area contributed by atoms with E-state index in [0.29, 0.717) is 17.1 Å². The average Bonchev–Trinajstić information content (AvgIpc) is 2.45. The number of nitrogens with two attached hydrogens (primary N) is 1. The van der Waals surface area contributed by atoms with E-state index in [9.17, 15) is 4.79 Å². The van der Waals surface area contributed by atoms with Crippen molar-refractivity contribution in [1.82, 2.24) is 0 Å². The van der Waals surface area contributed by atoms with Crippen LogP contribution in [0.25, 0.3) is 0 Å². The first-order valence-corrected chi connectivity index (χ1v) is 6.60. The molecule has 0 atom stereocenters. The van der Waals surface area contributed by atoms with Crippen molar-refractivity contribution in [2.24, 2.45) is 0 Å². The molecule has 5 nitrogen and oxygen atoms in total. The van der Waals surface area contributed by atoms with Crippen molar-refractivity contribution in [1.29, 1.82) is 0 Å². The number of ether oxygens (including phenoxy) is 1. The molecule has 21 heavy (non-hydrogen) atoms. The highest BCUT2D eigenvalue weighted by molar-refractivity contribution is 5.92. The zero-order valence-electron chi connectivity index (χ0n) is 12.2. The summed E-state index contributed by atoms with van der Waals surface area (Å²) in [7, 11) is 3.90. The van der Waals surface area contributed by atoms with E-state index in [-0.39, 0.29) is 12.5 Å². The normalized spacial score (nSPS) is 10.0. The fourth-order valence-electron chi connectivity index (χ4n) is 1.81. The summed E-state index contributed by atoms with van der Waals surface area (Å²) in [4.78, 5) is 13.8. The van der Waals surface area contributed by atoms with E-state index >= 15 is 0 Å². The minimum absolute atomic E-state index is 0.0499. The highest BCUT2D eigenvalue weighted by Gasteiger charge is 2.05. The Morgan fingerprint density at radius 2 is 1.95 bits per heavy atom. The zero-order chi connectivity index (χ0) is 15.2. The first kappa shape index (κ1) is 14.7. The molecule has 0 heterocycles.